The van der Waals surface area contributed by atoms with E-state index in [1.807, 2.05) is 37.5 Å². The van der Waals surface area contributed by atoms with Crippen molar-refractivity contribution in [1.82, 2.24) is 0 Å². The Morgan fingerprint density at radius 2 is 1.67 bits per heavy atom. The Bertz CT molecular complexity index is 607. The summed E-state index contributed by atoms with van der Waals surface area (Å²) in [6.07, 6.45) is 0.370. The van der Waals surface area contributed by atoms with Crippen LogP contribution >= 0.6 is 11.6 Å². The van der Waals surface area contributed by atoms with Gasteiger partial charge < -0.3 is 10.8 Å². The molecule has 2 unspecified atom stereocenters. The van der Waals surface area contributed by atoms with E-state index >= 15 is 0 Å². The second-order valence-electron chi connectivity index (χ2n) is 7.58. The topological polar surface area (TPSA) is 63.3 Å². The summed E-state index contributed by atoms with van der Waals surface area (Å²) < 4.78 is 0. The Morgan fingerprint density at radius 1 is 1.14 bits per heavy atom. The fourth-order valence-corrected chi connectivity index (χ4v) is 3.93. The van der Waals surface area contributed by atoms with Gasteiger partial charge in [0.15, 0.2) is 13.6 Å². The fourth-order valence-electron chi connectivity index (χ4n) is 3.64. The van der Waals surface area contributed by atoms with Crippen molar-refractivity contribution in [1.29, 1.82) is 0 Å². The van der Waals surface area contributed by atoms with Gasteiger partial charge in [-0.05, 0) is 18.1 Å². The first-order chi connectivity index (χ1) is 9.38. The van der Waals surface area contributed by atoms with Crippen LogP contribution < -0.4 is 5.73 Å². The molecule has 3 nitrogen and oxygen atoms in total. The second kappa shape index (κ2) is 4.71. The Balaban J connectivity index is 2.78. The van der Waals surface area contributed by atoms with Crippen LogP contribution in [0.15, 0.2) is 24.3 Å². The zero-order valence-corrected chi connectivity index (χ0v) is 14.1. The number of carbonyl (C=O) groups excluding carboxylic acids is 1. The van der Waals surface area contributed by atoms with Gasteiger partial charge in [0.2, 0.25) is 0 Å². The third-order valence-electron chi connectivity index (χ3n) is 5.61. The van der Waals surface area contributed by atoms with Crippen molar-refractivity contribution in [3.63, 3.8) is 0 Å². The van der Waals surface area contributed by atoms with E-state index in [2.05, 4.69) is 0 Å². The van der Waals surface area contributed by atoms with Gasteiger partial charge >= 0.3 is 0 Å². The van der Waals surface area contributed by atoms with E-state index in [-0.39, 0.29) is 11.0 Å². The molecule has 2 rings (SSSR count). The molecule has 0 heterocycles. The first-order valence-corrected chi connectivity index (χ1v) is 7.57. The number of carbonyl (C=O) groups is 1. The molecule has 0 amide bonds. The van der Waals surface area contributed by atoms with Crippen LogP contribution in [0.2, 0.25) is 15.5 Å². The molecule has 0 bridgehead atoms. The summed E-state index contributed by atoms with van der Waals surface area (Å²) in [6, 6.07) is 7.12. The lowest BCUT2D eigenvalue weighted by molar-refractivity contribution is -0.141. The number of rotatable bonds is 1. The maximum absolute atomic E-state index is 13.0. The van der Waals surface area contributed by atoms with Crippen molar-refractivity contribution in [3.8, 4) is 0 Å². The standard InChI is InChI=1S/C12H19B5ClNO2/c13-9(21)5-10(14,15)12(16,17)11(19,8(9)20)6-3-1-2-4-7(6)18/h1-4,21H,5,13-17,19H2. The van der Waals surface area contributed by atoms with Crippen molar-refractivity contribution >= 4 is 56.6 Å². The lowest BCUT2D eigenvalue weighted by Gasteiger charge is -2.61. The molecule has 0 spiro atoms. The number of Topliss-reactive ketones (excluding diaryl/α,β-unsaturated/α-hetero) is 1. The average Bonchev–Trinajstić information content (AvgIpc) is 2.34. The first-order valence-electron chi connectivity index (χ1n) is 7.19. The molecule has 9 heteroatoms. The van der Waals surface area contributed by atoms with E-state index in [1.165, 1.54) is 0 Å². The van der Waals surface area contributed by atoms with Gasteiger partial charge in [-0.15, -0.1) is 0 Å². The smallest absolute Gasteiger partial charge is 0.178 e. The van der Waals surface area contributed by atoms with E-state index in [4.69, 9.17) is 17.3 Å². The minimum Gasteiger partial charge on any atom is -0.391 e. The van der Waals surface area contributed by atoms with Crippen LogP contribution in [0.4, 0.5) is 0 Å². The molecule has 1 aromatic carbocycles. The molecule has 1 aromatic rings. The molecule has 0 aliphatic heterocycles. The molecule has 3 N–H and O–H groups in total. The van der Waals surface area contributed by atoms with E-state index in [0.717, 1.165) is 0 Å². The maximum Gasteiger partial charge on any atom is 0.178 e. The molecule has 1 aliphatic rings. The molecule has 2 atom stereocenters. The first kappa shape index (κ1) is 16.8. The Kier molecular flexibility index (Phi) is 3.76. The number of hydrogen-bond acceptors (Lipinski definition) is 3. The van der Waals surface area contributed by atoms with Gasteiger partial charge in [0.25, 0.3) is 0 Å². The summed E-state index contributed by atoms with van der Waals surface area (Å²) in [6.45, 7) is 0. The highest BCUT2D eigenvalue weighted by Crippen LogP contribution is 2.61. The summed E-state index contributed by atoms with van der Waals surface area (Å²) >= 11 is 6.31. The SMILES string of the molecule is BC1(O)CC(B)(B)C(B)(B)C(N)(c2ccccc2Cl)C1=O. The highest BCUT2D eigenvalue weighted by molar-refractivity contribution is 6.57. The highest BCUT2D eigenvalue weighted by atomic mass is 35.5. The number of ketones is 1. The molecule has 1 aliphatic carbocycles. The zero-order chi connectivity index (χ0) is 16.3. The lowest BCUT2D eigenvalue weighted by Crippen LogP contribution is -2.70. The zero-order valence-electron chi connectivity index (χ0n) is 13.3. The van der Waals surface area contributed by atoms with E-state index in [9.17, 15) is 9.90 Å². The summed E-state index contributed by atoms with van der Waals surface area (Å²) in [5, 5.41) is 10.2. The van der Waals surface area contributed by atoms with E-state index in [1.54, 1.807) is 26.0 Å². The van der Waals surface area contributed by atoms with Gasteiger partial charge in [-0.2, -0.15) is 0 Å². The average molecular weight is 299 g/mol. The van der Waals surface area contributed by atoms with Gasteiger partial charge in [-0.25, -0.2) is 0 Å². The second-order valence-corrected chi connectivity index (χ2v) is 7.98. The summed E-state index contributed by atoms with van der Waals surface area (Å²) in [5.74, 6) is -0.368. The number of benzene rings is 1. The van der Waals surface area contributed by atoms with Crippen LogP contribution in [0.5, 0.6) is 0 Å². The summed E-state index contributed by atoms with van der Waals surface area (Å²) in [4.78, 5) is 13.0. The Morgan fingerprint density at radius 3 is 2.19 bits per heavy atom. The molecule has 21 heavy (non-hydrogen) atoms. The molecule has 106 valence electrons. The predicted molar refractivity (Wildman–Crippen MR) is 100.0 cm³/mol. The van der Waals surface area contributed by atoms with Crippen LogP contribution in [0.25, 0.3) is 0 Å². The lowest BCUT2D eigenvalue weighted by atomic mass is 9.20. The van der Waals surface area contributed by atoms with Crippen molar-refractivity contribution in [2.75, 3.05) is 0 Å². The van der Waals surface area contributed by atoms with Gasteiger partial charge in [-0.1, -0.05) is 40.2 Å². The number of nitrogens with two attached hydrogens (primary N) is 1. The van der Waals surface area contributed by atoms with Crippen molar-refractivity contribution in [3.05, 3.63) is 34.9 Å². The monoisotopic (exact) mass is 299 g/mol. The van der Waals surface area contributed by atoms with Gasteiger partial charge in [0.05, 0.1) is 26.7 Å². The van der Waals surface area contributed by atoms with Crippen LogP contribution in [0.3, 0.4) is 0 Å². The van der Waals surface area contributed by atoms with Crippen molar-refractivity contribution in [2.24, 2.45) is 5.73 Å². The highest BCUT2D eigenvalue weighted by Gasteiger charge is 2.64. The van der Waals surface area contributed by atoms with Crippen molar-refractivity contribution in [2.45, 2.75) is 27.9 Å². The summed E-state index contributed by atoms with van der Waals surface area (Å²) in [5.41, 5.74) is 4.44. The maximum atomic E-state index is 13.0. The molecular weight excluding hydrogens is 280 g/mol. The van der Waals surface area contributed by atoms with E-state index in [0.29, 0.717) is 17.0 Å². The summed E-state index contributed by atoms with van der Waals surface area (Å²) in [7, 11) is 9.57. The molecular formula is C12H19B5ClNO2. The molecule has 0 aromatic heterocycles. The van der Waals surface area contributed by atoms with Crippen LogP contribution in [0.1, 0.15) is 12.0 Å². The molecule has 1 saturated carbocycles. The van der Waals surface area contributed by atoms with Crippen molar-refractivity contribution < 1.29 is 9.90 Å². The Hall–Kier alpha value is -0.575. The molecule has 0 saturated heterocycles. The van der Waals surface area contributed by atoms with Crippen LogP contribution in [-0.2, 0) is 10.3 Å². The molecule has 1 fully saturated rings. The minimum atomic E-state index is -1.47. The largest absolute Gasteiger partial charge is 0.391 e. The fraction of sp³-hybridized carbons (Fsp3) is 0.417. The molecule has 0 radical (unpaired) electrons. The number of halogens is 1. The van der Waals surface area contributed by atoms with Crippen LogP contribution in [0, 0.1) is 0 Å². The predicted octanol–water partition coefficient (Wildman–Crippen LogP) is -3.45. The number of aliphatic hydroxyl groups is 1. The van der Waals surface area contributed by atoms with Gasteiger partial charge in [-0.3, -0.25) is 4.79 Å². The number of hydrogen-bond donors (Lipinski definition) is 2. The third kappa shape index (κ3) is 2.15. The minimum absolute atomic E-state index is 0.335. The van der Waals surface area contributed by atoms with Gasteiger partial charge in [0, 0.05) is 5.02 Å². The third-order valence-corrected chi connectivity index (χ3v) is 5.94. The Labute approximate surface area is 135 Å². The van der Waals surface area contributed by atoms with Crippen LogP contribution in [-0.4, -0.2) is 55.6 Å². The van der Waals surface area contributed by atoms with E-state index < -0.39 is 16.3 Å². The normalized spacial score (nSPS) is 34.5. The van der Waals surface area contributed by atoms with Gasteiger partial charge in [0.1, 0.15) is 15.7 Å². The quantitative estimate of drug-likeness (QED) is 0.530.